The molecular weight excluding hydrogens is 450 g/mol. The van der Waals surface area contributed by atoms with Crippen LogP contribution in [0.15, 0.2) is 29.5 Å². The molecule has 2 aromatic rings. The Kier molecular flexibility index (Phi) is 10.7. The molecule has 2 N–H and O–H groups in total. The predicted molar refractivity (Wildman–Crippen MR) is 138 cm³/mol. The first-order valence-electron chi connectivity index (χ1n) is 12.4. The monoisotopic (exact) mass is 488 g/mol. The number of unbranched alkanes of at least 4 members (excludes halogenated alkanes) is 1. The number of rotatable bonds is 10. The van der Waals surface area contributed by atoms with E-state index in [1.165, 1.54) is 12.4 Å². The average Bonchev–Trinajstić information content (AvgIpc) is 3.26. The lowest BCUT2D eigenvalue weighted by atomic mass is 10.0. The molecule has 35 heavy (non-hydrogen) atoms. The number of aromatic nitrogens is 2. The number of amides is 1. The van der Waals surface area contributed by atoms with Crippen LogP contribution in [0.2, 0.25) is 0 Å². The van der Waals surface area contributed by atoms with Crippen molar-refractivity contribution in [2.45, 2.75) is 66.7 Å². The van der Waals surface area contributed by atoms with Crippen molar-refractivity contribution in [3.8, 4) is 0 Å². The van der Waals surface area contributed by atoms with Gasteiger partial charge in [-0.2, -0.15) is 0 Å². The van der Waals surface area contributed by atoms with Gasteiger partial charge < -0.3 is 15.5 Å². The molecule has 0 fully saturated rings. The highest BCUT2D eigenvalue weighted by Gasteiger charge is 2.29. The number of nitrogens with zero attached hydrogens (tertiary/aromatic N) is 4. The maximum atomic E-state index is 13.8. The molecule has 0 atom stereocenters. The summed E-state index contributed by atoms with van der Waals surface area (Å²) >= 11 is 0. The Balaban J connectivity index is 0.00000210. The van der Waals surface area contributed by atoms with Crippen LogP contribution in [0.5, 0.6) is 0 Å². The van der Waals surface area contributed by atoms with E-state index in [2.05, 4.69) is 32.5 Å². The minimum absolute atomic E-state index is 0.00166. The highest BCUT2D eigenvalue weighted by atomic mass is 19.3. The summed E-state index contributed by atoms with van der Waals surface area (Å²) in [5.41, 5.74) is 3.13. The minimum atomic E-state index is -2.89. The van der Waals surface area contributed by atoms with Gasteiger partial charge in [0.15, 0.2) is 5.82 Å². The number of carbonyl (C=O) groups excluding carboxylic acids is 1. The van der Waals surface area contributed by atoms with Gasteiger partial charge >= 0.3 is 0 Å². The average molecular weight is 489 g/mol. The first-order chi connectivity index (χ1) is 16.7. The normalized spacial score (nSPS) is 13.3. The number of carbonyl (C=O) groups is 1. The van der Waals surface area contributed by atoms with E-state index < -0.39 is 5.92 Å². The Morgan fingerprint density at radius 2 is 1.91 bits per heavy atom. The van der Waals surface area contributed by atoms with Gasteiger partial charge in [-0.15, -0.1) is 0 Å². The molecule has 1 aromatic heterocycles. The number of halogens is 2. The first-order valence-corrected chi connectivity index (χ1v) is 12.4. The molecule has 0 radical (unpaired) electrons. The highest BCUT2D eigenvalue weighted by Crippen LogP contribution is 2.41. The largest absolute Gasteiger partial charge is 0.351 e. The lowest BCUT2D eigenvalue weighted by Gasteiger charge is -2.21. The Hall–Kier alpha value is -2.94. The topological polar surface area (TPSA) is 82.5 Å². The zero-order valence-corrected chi connectivity index (χ0v) is 21.7. The molecule has 1 aliphatic rings. The second-order valence-electron chi connectivity index (χ2n) is 8.28. The third kappa shape index (κ3) is 7.52. The van der Waals surface area contributed by atoms with E-state index in [1.54, 1.807) is 19.1 Å². The molecular formula is C26H38F2N6O. The van der Waals surface area contributed by atoms with Gasteiger partial charge in [0, 0.05) is 31.3 Å². The Labute approximate surface area is 207 Å². The molecule has 9 heteroatoms. The van der Waals surface area contributed by atoms with Crippen LogP contribution in [-0.4, -0.2) is 47.8 Å². The van der Waals surface area contributed by atoms with Crippen LogP contribution in [0, 0.1) is 6.92 Å². The number of hydrogen-bond donors (Lipinski definition) is 2. The first kappa shape index (κ1) is 28.3. The van der Waals surface area contributed by atoms with E-state index in [1.807, 2.05) is 25.7 Å². The van der Waals surface area contributed by atoms with E-state index in [0.717, 1.165) is 44.1 Å². The fraction of sp³-hybridized carbons (Fsp3) is 0.538. The zero-order chi connectivity index (χ0) is 26.0. The van der Waals surface area contributed by atoms with Crippen molar-refractivity contribution in [1.82, 2.24) is 20.6 Å². The molecule has 1 aromatic carbocycles. The number of nitrogens with one attached hydrogen (secondary N) is 2. The fourth-order valence-electron chi connectivity index (χ4n) is 3.78. The van der Waals surface area contributed by atoms with Gasteiger partial charge in [0.05, 0.1) is 5.69 Å². The third-order valence-electron chi connectivity index (χ3n) is 5.65. The summed E-state index contributed by atoms with van der Waals surface area (Å²) in [7, 11) is 0. The highest BCUT2D eigenvalue weighted by molar-refractivity contribution is 6.38. The van der Waals surface area contributed by atoms with Crippen LogP contribution in [-0.2, 0) is 17.1 Å². The number of aliphatic imine (C=N–C) groups is 1. The van der Waals surface area contributed by atoms with Gasteiger partial charge in [0.25, 0.3) is 11.8 Å². The van der Waals surface area contributed by atoms with E-state index in [-0.39, 0.29) is 11.5 Å². The van der Waals surface area contributed by atoms with Crippen molar-refractivity contribution in [3.63, 3.8) is 0 Å². The van der Waals surface area contributed by atoms with Gasteiger partial charge in [-0.05, 0) is 63.9 Å². The number of alkyl halides is 2. The molecule has 3 rings (SSSR count). The van der Waals surface area contributed by atoms with Crippen molar-refractivity contribution in [2.24, 2.45) is 4.99 Å². The maximum absolute atomic E-state index is 13.8. The van der Waals surface area contributed by atoms with E-state index >= 15 is 0 Å². The van der Waals surface area contributed by atoms with Crippen molar-refractivity contribution in [3.05, 3.63) is 41.3 Å². The summed E-state index contributed by atoms with van der Waals surface area (Å²) in [6, 6.07) is 4.71. The quantitative estimate of drug-likeness (QED) is 0.354. The number of fused-ring (bicyclic) bond motifs is 1. The molecule has 0 saturated heterocycles. The number of aryl methyl sites for hydroxylation is 1. The lowest BCUT2D eigenvalue weighted by Crippen LogP contribution is -2.30. The molecule has 0 aliphatic carbocycles. The second kappa shape index (κ2) is 13.2. The van der Waals surface area contributed by atoms with Crippen molar-refractivity contribution in [1.29, 1.82) is 0 Å². The summed E-state index contributed by atoms with van der Waals surface area (Å²) in [6.45, 7) is 13.5. The molecule has 2 heterocycles. The van der Waals surface area contributed by atoms with Gasteiger partial charge in [0.2, 0.25) is 0 Å². The Bertz CT molecular complexity index is 1020. The van der Waals surface area contributed by atoms with Crippen LogP contribution in [0.1, 0.15) is 64.3 Å². The maximum Gasteiger partial charge on any atom is 0.270 e. The molecule has 1 aliphatic heterocycles. The van der Waals surface area contributed by atoms with E-state index in [0.29, 0.717) is 42.4 Å². The summed E-state index contributed by atoms with van der Waals surface area (Å²) in [5.74, 6) is -2.56. The standard InChI is InChI=1S/C24H32F2N6O.C2H6/c1-5-27-11-6-7-12-28-23(33)17(3)31-21-16(2)29-15-30-22(21)32-13-10-18-14-19(24(4,25)26)8-9-20(18)32;1-2/h8-9,14-15,27H,5-7,10-13H2,1-4H3,(H,28,33);1-2H3. The molecule has 0 saturated carbocycles. The molecule has 0 bridgehead atoms. The SMILES string of the molecule is CC.CCNCCCCNC(=O)C(C)=Nc1c(C)ncnc1N1CCc2cc(C(C)(F)F)ccc21. The molecule has 1 amide bonds. The van der Waals surface area contributed by atoms with E-state index in [4.69, 9.17) is 0 Å². The summed E-state index contributed by atoms with van der Waals surface area (Å²) in [6.07, 6.45) is 3.95. The van der Waals surface area contributed by atoms with Crippen LogP contribution >= 0.6 is 0 Å². The zero-order valence-electron chi connectivity index (χ0n) is 21.7. The fourth-order valence-corrected chi connectivity index (χ4v) is 3.78. The van der Waals surface area contributed by atoms with Gasteiger partial charge in [-0.3, -0.25) is 4.79 Å². The smallest absolute Gasteiger partial charge is 0.270 e. The number of hydrogen-bond acceptors (Lipinski definition) is 6. The third-order valence-corrected chi connectivity index (χ3v) is 5.65. The van der Waals surface area contributed by atoms with Crippen LogP contribution in [0.4, 0.5) is 26.0 Å². The van der Waals surface area contributed by atoms with Crippen molar-refractivity contribution < 1.29 is 13.6 Å². The second-order valence-corrected chi connectivity index (χ2v) is 8.28. The van der Waals surface area contributed by atoms with Crippen molar-refractivity contribution in [2.75, 3.05) is 31.1 Å². The lowest BCUT2D eigenvalue weighted by molar-refractivity contribution is -0.114. The summed E-state index contributed by atoms with van der Waals surface area (Å²) in [4.78, 5) is 27.7. The molecule has 192 valence electrons. The molecule has 0 spiro atoms. The van der Waals surface area contributed by atoms with Crippen LogP contribution in [0.25, 0.3) is 0 Å². The van der Waals surface area contributed by atoms with Gasteiger partial charge in [0.1, 0.15) is 17.7 Å². The molecule has 0 unspecified atom stereocenters. The number of benzene rings is 1. The summed E-state index contributed by atoms with van der Waals surface area (Å²) < 4.78 is 27.5. The van der Waals surface area contributed by atoms with E-state index in [9.17, 15) is 13.6 Å². The number of anilines is 2. The minimum Gasteiger partial charge on any atom is -0.351 e. The van der Waals surface area contributed by atoms with Crippen LogP contribution < -0.4 is 15.5 Å². The van der Waals surface area contributed by atoms with Crippen molar-refractivity contribution >= 4 is 28.8 Å². The van der Waals surface area contributed by atoms with Crippen LogP contribution in [0.3, 0.4) is 0 Å². The predicted octanol–water partition coefficient (Wildman–Crippen LogP) is 5.22. The Morgan fingerprint density at radius 3 is 2.60 bits per heavy atom. The summed E-state index contributed by atoms with van der Waals surface area (Å²) in [5, 5.41) is 6.16. The molecule has 7 nitrogen and oxygen atoms in total. The van der Waals surface area contributed by atoms with Gasteiger partial charge in [-0.25, -0.2) is 23.7 Å². The Morgan fingerprint density at radius 1 is 1.20 bits per heavy atom. The van der Waals surface area contributed by atoms with Gasteiger partial charge in [-0.1, -0.05) is 26.8 Å².